The predicted molar refractivity (Wildman–Crippen MR) is 78.4 cm³/mol. The SMILES string of the molecule is OCc1cc(F)ccc1N1CCC(N2CCCCC2)C1. The maximum atomic E-state index is 13.3. The highest BCUT2D eigenvalue weighted by Gasteiger charge is 2.29. The fraction of sp³-hybridized carbons (Fsp3) is 0.625. The maximum absolute atomic E-state index is 13.3. The van der Waals surface area contributed by atoms with Gasteiger partial charge in [0.15, 0.2) is 0 Å². The van der Waals surface area contributed by atoms with Crippen LogP contribution in [0.5, 0.6) is 0 Å². The van der Waals surface area contributed by atoms with Crippen molar-refractivity contribution in [1.29, 1.82) is 0 Å². The number of nitrogens with zero attached hydrogens (tertiary/aromatic N) is 2. The minimum Gasteiger partial charge on any atom is -0.392 e. The maximum Gasteiger partial charge on any atom is 0.123 e. The topological polar surface area (TPSA) is 26.7 Å². The van der Waals surface area contributed by atoms with Crippen molar-refractivity contribution in [2.24, 2.45) is 0 Å². The van der Waals surface area contributed by atoms with Crippen LogP contribution in [-0.2, 0) is 6.61 Å². The molecule has 0 amide bonds. The molecular weight excluding hydrogens is 255 g/mol. The first-order valence-electron chi connectivity index (χ1n) is 7.66. The number of rotatable bonds is 3. The normalized spacial score (nSPS) is 24.3. The first kappa shape index (κ1) is 13.8. The van der Waals surface area contributed by atoms with E-state index < -0.39 is 0 Å². The molecule has 0 spiro atoms. The van der Waals surface area contributed by atoms with Crippen molar-refractivity contribution >= 4 is 5.69 Å². The molecule has 2 fully saturated rings. The summed E-state index contributed by atoms with van der Waals surface area (Å²) in [6, 6.07) is 5.36. The minimum atomic E-state index is -0.274. The van der Waals surface area contributed by atoms with Gasteiger partial charge in [0.25, 0.3) is 0 Å². The first-order chi connectivity index (χ1) is 9.78. The van der Waals surface area contributed by atoms with E-state index in [9.17, 15) is 9.50 Å². The smallest absolute Gasteiger partial charge is 0.123 e. The second-order valence-electron chi connectivity index (χ2n) is 5.92. The van der Waals surface area contributed by atoms with E-state index in [4.69, 9.17) is 0 Å². The van der Waals surface area contributed by atoms with Gasteiger partial charge in [0.05, 0.1) is 6.61 Å². The van der Waals surface area contributed by atoms with E-state index in [2.05, 4.69) is 9.80 Å². The van der Waals surface area contributed by atoms with Gasteiger partial charge in [-0.3, -0.25) is 4.90 Å². The summed E-state index contributed by atoms with van der Waals surface area (Å²) in [7, 11) is 0. The Morgan fingerprint density at radius 2 is 1.95 bits per heavy atom. The van der Waals surface area contributed by atoms with Crippen molar-refractivity contribution in [3.05, 3.63) is 29.6 Å². The Bertz CT molecular complexity index is 460. The number of aliphatic hydroxyl groups excluding tert-OH is 1. The zero-order chi connectivity index (χ0) is 13.9. The number of piperidine rings is 1. The molecule has 2 heterocycles. The molecule has 1 aromatic carbocycles. The molecule has 3 rings (SSSR count). The molecular formula is C16H23FN2O. The highest BCUT2D eigenvalue weighted by molar-refractivity contribution is 5.54. The van der Waals surface area contributed by atoms with Crippen molar-refractivity contribution < 1.29 is 9.50 Å². The monoisotopic (exact) mass is 278 g/mol. The second-order valence-corrected chi connectivity index (χ2v) is 5.92. The zero-order valence-electron chi connectivity index (χ0n) is 11.9. The lowest BCUT2D eigenvalue weighted by Gasteiger charge is -2.32. The van der Waals surface area contributed by atoms with Crippen LogP contribution in [0.1, 0.15) is 31.2 Å². The number of likely N-dealkylation sites (tertiary alicyclic amines) is 1. The summed E-state index contributed by atoms with van der Waals surface area (Å²) in [4.78, 5) is 4.90. The Morgan fingerprint density at radius 3 is 2.70 bits per heavy atom. The van der Waals surface area contributed by atoms with Gasteiger partial charge in [-0.2, -0.15) is 0 Å². The van der Waals surface area contributed by atoms with Gasteiger partial charge in [-0.1, -0.05) is 6.42 Å². The summed E-state index contributed by atoms with van der Waals surface area (Å²) in [6.07, 6.45) is 5.16. The average molecular weight is 278 g/mol. The molecule has 110 valence electrons. The minimum absolute atomic E-state index is 0.0992. The fourth-order valence-electron chi connectivity index (χ4n) is 3.53. The lowest BCUT2D eigenvalue weighted by molar-refractivity contribution is 0.175. The fourth-order valence-corrected chi connectivity index (χ4v) is 3.53. The number of benzene rings is 1. The first-order valence-corrected chi connectivity index (χ1v) is 7.66. The summed E-state index contributed by atoms with van der Waals surface area (Å²) in [6.45, 7) is 4.33. The quantitative estimate of drug-likeness (QED) is 0.919. The van der Waals surface area contributed by atoms with Gasteiger partial charge >= 0.3 is 0 Å². The molecule has 0 aromatic heterocycles. The van der Waals surface area contributed by atoms with E-state index in [0.717, 1.165) is 18.8 Å². The Morgan fingerprint density at radius 1 is 1.15 bits per heavy atom. The van der Waals surface area contributed by atoms with Crippen molar-refractivity contribution in [3.63, 3.8) is 0 Å². The Labute approximate surface area is 120 Å². The molecule has 2 aliphatic rings. The molecule has 0 bridgehead atoms. The van der Waals surface area contributed by atoms with Crippen LogP contribution in [0.25, 0.3) is 0 Å². The molecule has 0 aliphatic carbocycles. The Hall–Kier alpha value is -1.13. The van der Waals surface area contributed by atoms with Crippen LogP contribution >= 0.6 is 0 Å². The summed E-state index contributed by atoms with van der Waals surface area (Å²) < 4.78 is 13.3. The number of hydrogen-bond donors (Lipinski definition) is 1. The van der Waals surface area contributed by atoms with Gasteiger partial charge in [-0.15, -0.1) is 0 Å². The predicted octanol–water partition coefficient (Wildman–Crippen LogP) is 2.38. The molecule has 1 N–H and O–H groups in total. The van der Waals surface area contributed by atoms with Crippen molar-refractivity contribution in [1.82, 2.24) is 4.90 Å². The molecule has 1 atom stereocenters. The molecule has 1 aromatic rings. The van der Waals surface area contributed by atoms with Gasteiger partial charge in [0, 0.05) is 30.4 Å². The number of hydrogen-bond acceptors (Lipinski definition) is 3. The second kappa shape index (κ2) is 6.10. The zero-order valence-corrected chi connectivity index (χ0v) is 11.9. The summed E-state index contributed by atoms with van der Waals surface area (Å²) in [5.41, 5.74) is 1.69. The van der Waals surface area contributed by atoms with Gasteiger partial charge in [0.2, 0.25) is 0 Å². The van der Waals surface area contributed by atoms with Crippen molar-refractivity contribution in [2.75, 3.05) is 31.1 Å². The molecule has 4 heteroatoms. The largest absolute Gasteiger partial charge is 0.392 e. The van der Waals surface area contributed by atoms with Crippen LogP contribution in [0.15, 0.2) is 18.2 Å². The van der Waals surface area contributed by atoms with Crippen LogP contribution in [-0.4, -0.2) is 42.2 Å². The summed E-state index contributed by atoms with van der Waals surface area (Å²) in [5.74, 6) is -0.274. The Kier molecular flexibility index (Phi) is 4.22. The number of halogens is 1. The van der Waals surface area contributed by atoms with Crippen molar-refractivity contribution in [3.8, 4) is 0 Å². The number of aliphatic hydroxyl groups is 1. The van der Waals surface area contributed by atoms with Gasteiger partial charge in [-0.25, -0.2) is 4.39 Å². The number of anilines is 1. The highest BCUT2D eigenvalue weighted by Crippen LogP contribution is 2.28. The van der Waals surface area contributed by atoms with E-state index in [-0.39, 0.29) is 12.4 Å². The third kappa shape index (κ3) is 2.81. The van der Waals surface area contributed by atoms with Crippen LogP contribution < -0.4 is 4.90 Å². The van der Waals surface area contributed by atoms with Gasteiger partial charge < -0.3 is 10.0 Å². The highest BCUT2D eigenvalue weighted by atomic mass is 19.1. The third-order valence-electron chi connectivity index (χ3n) is 4.62. The van der Waals surface area contributed by atoms with Crippen LogP contribution in [0.2, 0.25) is 0 Å². The van der Waals surface area contributed by atoms with Crippen LogP contribution in [0.3, 0.4) is 0 Å². The van der Waals surface area contributed by atoms with E-state index in [0.29, 0.717) is 11.6 Å². The van der Waals surface area contributed by atoms with Crippen LogP contribution in [0, 0.1) is 5.82 Å². The average Bonchev–Trinajstić information content (AvgIpc) is 2.97. The lowest BCUT2D eigenvalue weighted by atomic mass is 10.1. The lowest BCUT2D eigenvalue weighted by Crippen LogP contribution is -2.40. The van der Waals surface area contributed by atoms with Gasteiger partial charge in [-0.05, 0) is 50.6 Å². The molecule has 20 heavy (non-hydrogen) atoms. The van der Waals surface area contributed by atoms with E-state index >= 15 is 0 Å². The molecule has 0 radical (unpaired) electrons. The van der Waals surface area contributed by atoms with Gasteiger partial charge in [0.1, 0.15) is 5.82 Å². The summed E-state index contributed by atoms with van der Waals surface area (Å²) >= 11 is 0. The molecule has 2 saturated heterocycles. The molecule has 0 saturated carbocycles. The van der Waals surface area contributed by atoms with Crippen LogP contribution in [0.4, 0.5) is 10.1 Å². The third-order valence-corrected chi connectivity index (χ3v) is 4.62. The van der Waals surface area contributed by atoms with Crippen molar-refractivity contribution in [2.45, 2.75) is 38.3 Å². The Balaban J connectivity index is 1.70. The molecule has 1 unspecified atom stereocenters. The van der Waals surface area contributed by atoms with E-state index in [1.54, 1.807) is 6.07 Å². The summed E-state index contributed by atoms with van der Waals surface area (Å²) in [5, 5.41) is 9.41. The standard InChI is InChI=1S/C16H23FN2O/c17-14-4-5-16(13(10-14)12-20)19-9-6-15(11-19)18-7-2-1-3-8-18/h4-5,10,15,20H,1-3,6-9,11-12H2. The molecule has 2 aliphatic heterocycles. The van der Waals surface area contributed by atoms with E-state index in [1.807, 2.05) is 0 Å². The molecule has 3 nitrogen and oxygen atoms in total. The van der Waals surface area contributed by atoms with E-state index in [1.165, 1.54) is 50.9 Å².